The van der Waals surface area contributed by atoms with Gasteiger partial charge in [0.05, 0.1) is 5.69 Å². The first-order chi connectivity index (χ1) is 5.52. The summed E-state index contributed by atoms with van der Waals surface area (Å²) in [6.07, 6.45) is 0. The van der Waals surface area contributed by atoms with Gasteiger partial charge in [0.15, 0.2) is 0 Å². The summed E-state index contributed by atoms with van der Waals surface area (Å²) in [5.74, 6) is -0.157. The number of hydrogen-bond acceptors (Lipinski definition) is 2. The van der Waals surface area contributed by atoms with Crippen molar-refractivity contribution in [1.82, 2.24) is 9.97 Å². The van der Waals surface area contributed by atoms with Gasteiger partial charge in [-0.05, 0) is 6.92 Å². The van der Waals surface area contributed by atoms with Crippen LogP contribution in [0.4, 0.5) is 4.39 Å². The van der Waals surface area contributed by atoms with Crippen molar-refractivity contribution in [3.63, 3.8) is 0 Å². The summed E-state index contributed by atoms with van der Waals surface area (Å²) in [6, 6.07) is 0. The molecular formula is C8H11FN2O. The Labute approximate surface area is 69.7 Å². The van der Waals surface area contributed by atoms with Crippen molar-refractivity contribution in [3.8, 4) is 0 Å². The number of rotatable bonds is 1. The van der Waals surface area contributed by atoms with E-state index < -0.39 is 11.4 Å². The van der Waals surface area contributed by atoms with Gasteiger partial charge in [0, 0.05) is 5.92 Å². The van der Waals surface area contributed by atoms with Crippen molar-refractivity contribution in [2.24, 2.45) is 0 Å². The number of halogens is 1. The lowest BCUT2D eigenvalue weighted by atomic mass is 10.2. The highest BCUT2D eigenvalue weighted by molar-refractivity contribution is 5.05. The zero-order chi connectivity index (χ0) is 9.30. The van der Waals surface area contributed by atoms with Gasteiger partial charge >= 0.3 is 0 Å². The minimum absolute atomic E-state index is 0.108. The third kappa shape index (κ3) is 1.52. The van der Waals surface area contributed by atoms with Crippen LogP contribution < -0.4 is 5.56 Å². The second-order valence-corrected chi connectivity index (χ2v) is 3.01. The predicted molar refractivity (Wildman–Crippen MR) is 43.6 cm³/mol. The monoisotopic (exact) mass is 170 g/mol. The number of aryl methyl sites for hydroxylation is 1. The van der Waals surface area contributed by atoms with Crippen molar-refractivity contribution in [2.45, 2.75) is 26.7 Å². The Bertz CT molecular complexity index is 343. The normalized spacial score (nSPS) is 10.8. The summed E-state index contributed by atoms with van der Waals surface area (Å²) in [7, 11) is 0. The fourth-order valence-corrected chi connectivity index (χ4v) is 0.867. The van der Waals surface area contributed by atoms with Crippen LogP contribution in [-0.2, 0) is 0 Å². The first-order valence-electron chi connectivity index (χ1n) is 3.78. The molecule has 0 aliphatic heterocycles. The molecule has 0 atom stereocenters. The van der Waals surface area contributed by atoms with Crippen molar-refractivity contribution >= 4 is 0 Å². The van der Waals surface area contributed by atoms with Crippen LogP contribution in [0.2, 0.25) is 0 Å². The van der Waals surface area contributed by atoms with Crippen LogP contribution in [0.3, 0.4) is 0 Å². The molecule has 1 heterocycles. The van der Waals surface area contributed by atoms with E-state index in [1.165, 1.54) is 6.92 Å². The van der Waals surface area contributed by atoms with Crippen molar-refractivity contribution < 1.29 is 4.39 Å². The lowest BCUT2D eigenvalue weighted by molar-refractivity contribution is 0.576. The average molecular weight is 170 g/mol. The molecule has 0 aliphatic carbocycles. The predicted octanol–water partition coefficient (Wildman–Crippen LogP) is 1.34. The highest BCUT2D eigenvalue weighted by atomic mass is 19.1. The molecule has 0 bridgehead atoms. The topological polar surface area (TPSA) is 45.8 Å². The van der Waals surface area contributed by atoms with Gasteiger partial charge in [0.1, 0.15) is 5.82 Å². The lowest BCUT2D eigenvalue weighted by Crippen LogP contribution is -2.18. The molecule has 0 saturated heterocycles. The van der Waals surface area contributed by atoms with Crippen LogP contribution in [-0.4, -0.2) is 9.97 Å². The van der Waals surface area contributed by atoms with Crippen LogP contribution in [0.25, 0.3) is 0 Å². The van der Waals surface area contributed by atoms with E-state index in [0.717, 1.165) is 0 Å². The summed E-state index contributed by atoms with van der Waals surface area (Å²) in [5, 5.41) is 0. The zero-order valence-electron chi connectivity index (χ0n) is 7.31. The Kier molecular flexibility index (Phi) is 2.26. The molecule has 1 rings (SSSR count). The molecule has 12 heavy (non-hydrogen) atoms. The lowest BCUT2D eigenvalue weighted by Gasteiger charge is -2.04. The second kappa shape index (κ2) is 3.05. The number of nitrogens with one attached hydrogen (secondary N) is 1. The molecule has 4 heteroatoms. The molecule has 1 aromatic rings. The van der Waals surface area contributed by atoms with Crippen LogP contribution >= 0.6 is 0 Å². The van der Waals surface area contributed by atoms with E-state index in [0.29, 0.717) is 5.82 Å². The van der Waals surface area contributed by atoms with Crippen molar-refractivity contribution in [1.29, 1.82) is 0 Å². The molecule has 0 aromatic carbocycles. The SMILES string of the molecule is Cc1nc(C(C)C)[nH]c(=O)c1F. The molecule has 1 aromatic heterocycles. The third-order valence-electron chi connectivity index (χ3n) is 1.59. The Balaban J connectivity index is 3.31. The molecule has 0 radical (unpaired) electrons. The van der Waals surface area contributed by atoms with Crippen LogP contribution in [0.1, 0.15) is 31.3 Å². The smallest absolute Gasteiger partial charge is 0.287 e. The standard InChI is InChI=1S/C8H11FN2O/c1-4(2)7-10-5(3)6(9)8(12)11-7/h4H,1-3H3,(H,10,11,12). The Morgan fingerprint density at radius 3 is 2.50 bits per heavy atom. The molecule has 1 N–H and O–H groups in total. The summed E-state index contributed by atoms with van der Waals surface area (Å²) in [4.78, 5) is 17.2. The summed E-state index contributed by atoms with van der Waals surface area (Å²) < 4.78 is 12.8. The van der Waals surface area contributed by atoms with Gasteiger partial charge in [-0.15, -0.1) is 0 Å². The average Bonchev–Trinajstić information content (AvgIpc) is 1.99. The molecule has 0 unspecified atom stereocenters. The fraction of sp³-hybridized carbons (Fsp3) is 0.500. The van der Waals surface area contributed by atoms with Gasteiger partial charge in [0.2, 0.25) is 5.82 Å². The largest absolute Gasteiger partial charge is 0.308 e. The molecule has 66 valence electrons. The van der Waals surface area contributed by atoms with E-state index in [2.05, 4.69) is 9.97 Å². The fourth-order valence-electron chi connectivity index (χ4n) is 0.867. The van der Waals surface area contributed by atoms with Gasteiger partial charge in [0.25, 0.3) is 5.56 Å². The second-order valence-electron chi connectivity index (χ2n) is 3.01. The maximum Gasteiger partial charge on any atom is 0.287 e. The van der Waals surface area contributed by atoms with Gasteiger partial charge in [-0.2, -0.15) is 4.39 Å². The molecule has 3 nitrogen and oxygen atoms in total. The molecular weight excluding hydrogens is 159 g/mol. The number of nitrogens with zero attached hydrogens (tertiary/aromatic N) is 1. The van der Waals surface area contributed by atoms with E-state index in [4.69, 9.17) is 0 Å². The van der Waals surface area contributed by atoms with Crippen LogP contribution in [0.5, 0.6) is 0 Å². The van der Waals surface area contributed by atoms with E-state index in [1.54, 1.807) is 0 Å². The molecule has 0 aliphatic rings. The first kappa shape index (κ1) is 8.90. The van der Waals surface area contributed by atoms with E-state index in [1.807, 2.05) is 13.8 Å². The minimum atomic E-state index is -0.792. The molecule has 0 fully saturated rings. The first-order valence-corrected chi connectivity index (χ1v) is 3.78. The number of aromatic amines is 1. The summed E-state index contributed by atoms with van der Waals surface area (Å²) in [6.45, 7) is 5.25. The van der Waals surface area contributed by atoms with Gasteiger partial charge < -0.3 is 4.98 Å². The van der Waals surface area contributed by atoms with E-state index >= 15 is 0 Å². The number of hydrogen-bond donors (Lipinski definition) is 1. The summed E-state index contributed by atoms with van der Waals surface area (Å²) in [5.41, 5.74) is -0.534. The highest BCUT2D eigenvalue weighted by Crippen LogP contribution is 2.07. The number of aromatic nitrogens is 2. The van der Waals surface area contributed by atoms with Crippen molar-refractivity contribution in [2.75, 3.05) is 0 Å². The van der Waals surface area contributed by atoms with Crippen LogP contribution in [0.15, 0.2) is 4.79 Å². The zero-order valence-corrected chi connectivity index (χ0v) is 7.31. The van der Waals surface area contributed by atoms with Gasteiger partial charge in [-0.3, -0.25) is 4.79 Å². The van der Waals surface area contributed by atoms with Gasteiger partial charge in [-0.25, -0.2) is 4.98 Å². The number of H-pyrrole nitrogens is 1. The van der Waals surface area contributed by atoms with Crippen molar-refractivity contribution in [3.05, 3.63) is 27.7 Å². The van der Waals surface area contributed by atoms with E-state index in [9.17, 15) is 9.18 Å². The Morgan fingerprint density at radius 2 is 2.08 bits per heavy atom. The molecule has 0 amide bonds. The highest BCUT2D eigenvalue weighted by Gasteiger charge is 2.08. The van der Waals surface area contributed by atoms with Crippen LogP contribution in [0, 0.1) is 12.7 Å². The Morgan fingerprint density at radius 1 is 1.50 bits per heavy atom. The Hall–Kier alpha value is -1.19. The maximum absolute atomic E-state index is 12.8. The van der Waals surface area contributed by atoms with Gasteiger partial charge in [-0.1, -0.05) is 13.8 Å². The minimum Gasteiger partial charge on any atom is -0.308 e. The molecule has 0 spiro atoms. The summed E-state index contributed by atoms with van der Waals surface area (Å²) >= 11 is 0. The third-order valence-corrected chi connectivity index (χ3v) is 1.59. The van der Waals surface area contributed by atoms with E-state index in [-0.39, 0.29) is 11.6 Å². The quantitative estimate of drug-likeness (QED) is 0.691. The maximum atomic E-state index is 12.8. The molecule has 0 saturated carbocycles.